The van der Waals surface area contributed by atoms with E-state index in [2.05, 4.69) is 70.4 Å². The molecule has 1 aliphatic rings. The third kappa shape index (κ3) is 34.3. The number of para-hydroxylation sites is 2. The van der Waals surface area contributed by atoms with E-state index < -0.39 is 255 Å². The summed E-state index contributed by atoms with van der Waals surface area (Å²) in [6.45, 7) is 1.49. The standard InChI is InChI=1S/C80H106N18O26/c1-5-6-7-8-9-10-11-22-61(102)90-52(29-46-37-85-50-20-15-13-17-47(46)50)74(117)93-53(31-60(83)101)75(118)95-56(34-67(111)112)76(119)98-69-43(4)124-80(123)57(30-59(100)48-18-12-14-19-49(48)82)96-79(122)68(41(2)28-64(105)106)97-77(120)58(40-99)91-63(104)38-86-71(114)54(32-65(107)108)92-70(113)42(3)88-73(116)55(33-66(109)110)94-72(115)51(89-62(103)39-87-78(69)121)21-16-27-84-36-45-25-23-44(35-81)24-26-45/h12-15,17-20,23-26,37,41-43,51-58,68-69,84-85,99H,5-11,16,21-22,27-34,36,38-40,82H2,1-4H3,(H2,83,101)(H,86,114)(H,87,121)(H,88,116)(H,89,103)(H,90,102)(H,91,104)(H,92,113)(H,93,117)(H,94,115)(H,95,118)(H,96,122)(H,97,120)(H,98,119)(H,105,106)(H,107,108)(H,109,110)(H,111,112). The van der Waals surface area contributed by atoms with Crippen molar-refractivity contribution in [2.75, 3.05) is 32.0 Å². The second-order valence-corrected chi connectivity index (χ2v) is 29.4. The number of aromatic amines is 1. The number of hydrogen-bond donors (Lipinski definition) is 22. The number of amides is 14. The number of rotatable bonds is 38. The van der Waals surface area contributed by atoms with Crippen LogP contribution in [0.15, 0.2) is 79.0 Å². The molecule has 44 nitrogen and oxygen atoms in total. The average Bonchev–Trinajstić information content (AvgIpc) is 1.64. The first-order chi connectivity index (χ1) is 58.8. The molecule has 14 amide bonds. The Hall–Kier alpha value is -14.0. The second-order valence-electron chi connectivity index (χ2n) is 29.4. The molecular formula is C80H106N18O26. The normalized spacial score (nSPS) is 20.4. The number of hydrogen-bond acceptors (Lipinski definition) is 25. The summed E-state index contributed by atoms with van der Waals surface area (Å²) in [5, 5.41) is 91.8. The number of nitrogens with one attached hydrogen (secondary N) is 15. The van der Waals surface area contributed by atoms with Gasteiger partial charge in [0.15, 0.2) is 5.78 Å². The summed E-state index contributed by atoms with van der Waals surface area (Å²) >= 11 is 0. The van der Waals surface area contributed by atoms with Gasteiger partial charge in [0.1, 0.15) is 72.6 Å². The lowest BCUT2D eigenvalue weighted by Gasteiger charge is -2.30. The molecule has 4 aromatic rings. The van der Waals surface area contributed by atoms with Crippen LogP contribution in [0.2, 0.25) is 0 Å². The molecule has 0 spiro atoms. The lowest BCUT2D eigenvalue weighted by Crippen LogP contribution is -2.62. The summed E-state index contributed by atoms with van der Waals surface area (Å²) in [5.74, 6) is -29.9. The van der Waals surface area contributed by atoms with E-state index in [1.807, 2.05) is 22.0 Å². The molecule has 124 heavy (non-hydrogen) atoms. The van der Waals surface area contributed by atoms with Gasteiger partial charge in [0, 0.05) is 54.2 Å². The van der Waals surface area contributed by atoms with Crippen molar-refractivity contribution >= 4 is 135 Å². The van der Waals surface area contributed by atoms with E-state index in [-0.39, 0.29) is 50.0 Å². The van der Waals surface area contributed by atoms with E-state index in [1.54, 1.807) is 54.7 Å². The molecule has 1 aliphatic heterocycles. The topological polar surface area (TPSA) is 712 Å². The fourth-order valence-electron chi connectivity index (χ4n) is 12.8. The molecule has 24 N–H and O–H groups in total. The third-order valence-corrected chi connectivity index (χ3v) is 19.4. The quantitative estimate of drug-likeness (QED) is 0.00882. The monoisotopic (exact) mass is 1730 g/mol. The summed E-state index contributed by atoms with van der Waals surface area (Å²) in [4.78, 5) is 279. The highest BCUT2D eigenvalue weighted by Crippen LogP contribution is 2.22. The fraction of sp³-hybridized carbons (Fsp3) is 0.487. The van der Waals surface area contributed by atoms with Crippen molar-refractivity contribution in [2.45, 2.75) is 216 Å². The number of carbonyl (C=O) groups is 20. The maximum atomic E-state index is 15.0. The molecule has 44 heteroatoms. The molecule has 5 rings (SSSR count). The fourth-order valence-corrected chi connectivity index (χ4v) is 12.8. The summed E-state index contributed by atoms with van der Waals surface area (Å²) in [7, 11) is 0. The first-order valence-electron chi connectivity index (χ1n) is 39.8. The molecule has 13 unspecified atom stereocenters. The zero-order chi connectivity index (χ0) is 91.9. The van der Waals surface area contributed by atoms with Crippen molar-refractivity contribution in [3.63, 3.8) is 0 Å². The molecule has 13 atom stereocenters. The number of esters is 1. The summed E-state index contributed by atoms with van der Waals surface area (Å²) in [6, 6.07) is -2.41. The van der Waals surface area contributed by atoms with Crippen LogP contribution in [0.4, 0.5) is 5.69 Å². The Morgan fingerprint density at radius 2 is 1.12 bits per heavy atom. The number of nitrogens with zero attached hydrogens (tertiary/aromatic N) is 1. The van der Waals surface area contributed by atoms with Crippen LogP contribution in [0.3, 0.4) is 0 Å². The zero-order valence-corrected chi connectivity index (χ0v) is 68.5. The highest BCUT2D eigenvalue weighted by molar-refractivity contribution is 6.05. The molecule has 0 aliphatic carbocycles. The van der Waals surface area contributed by atoms with Gasteiger partial charge in [-0.25, -0.2) is 4.79 Å². The first kappa shape index (κ1) is 101. The predicted octanol–water partition coefficient (Wildman–Crippen LogP) is -3.92. The SMILES string of the molecule is CCCCCCCCCC(=O)NC(Cc1c[nH]c2ccccc12)C(=O)NC(CC(N)=O)C(=O)NC(CC(=O)O)C(=O)NC1C(=O)NCC(=O)NC(CCCNCc2ccc(C#N)cc2)C(=O)NC(CC(=O)O)C(=O)NC(C)C(=O)NC(CC(=O)O)C(=O)NCC(=O)NC(CO)C(=O)NC(C(C)CC(=O)O)C(=O)NC(CC(=O)c2ccccc2N)C(=O)OC1C. The summed E-state index contributed by atoms with van der Waals surface area (Å²) in [5.41, 5.74) is 13.4. The number of Topliss-reactive ketones (excluding diaryl/α,β-unsaturated/α-hetero) is 1. The molecule has 2 heterocycles. The number of nitrogen functional groups attached to an aromatic ring is 1. The van der Waals surface area contributed by atoms with Crippen LogP contribution in [-0.2, 0) is 109 Å². The van der Waals surface area contributed by atoms with Crippen molar-refractivity contribution in [3.05, 3.63) is 101 Å². The Morgan fingerprint density at radius 1 is 0.565 bits per heavy atom. The lowest BCUT2D eigenvalue weighted by molar-refractivity contribution is -0.156. The van der Waals surface area contributed by atoms with Crippen LogP contribution < -0.4 is 85.9 Å². The van der Waals surface area contributed by atoms with Crippen molar-refractivity contribution < 1.29 is 126 Å². The third-order valence-electron chi connectivity index (χ3n) is 19.4. The molecule has 1 fully saturated rings. The smallest absolute Gasteiger partial charge is 0.329 e. The molecule has 0 bridgehead atoms. The second kappa shape index (κ2) is 50.9. The molecule has 1 saturated heterocycles. The number of anilines is 1. The molecule has 672 valence electrons. The van der Waals surface area contributed by atoms with Gasteiger partial charge in [-0.3, -0.25) is 91.1 Å². The van der Waals surface area contributed by atoms with Gasteiger partial charge in [-0.15, -0.1) is 0 Å². The number of fused-ring (bicyclic) bond motifs is 1. The van der Waals surface area contributed by atoms with E-state index in [0.29, 0.717) is 40.4 Å². The number of primary amides is 1. The number of aromatic nitrogens is 1. The van der Waals surface area contributed by atoms with E-state index in [9.17, 15) is 127 Å². The van der Waals surface area contributed by atoms with E-state index >= 15 is 0 Å². The molecule has 0 radical (unpaired) electrons. The van der Waals surface area contributed by atoms with Crippen LogP contribution in [0.25, 0.3) is 10.9 Å². The van der Waals surface area contributed by atoms with Crippen LogP contribution in [-0.4, -0.2) is 248 Å². The van der Waals surface area contributed by atoms with Crippen molar-refractivity contribution in [3.8, 4) is 6.07 Å². The zero-order valence-electron chi connectivity index (χ0n) is 68.5. The minimum Gasteiger partial charge on any atom is -0.481 e. The van der Waals surface area contributed by atoms with Gasteiger partial charge < -0.3 is 121 Å². The number of H-pyrrole nitrogens is 1. The number of nitrogens with two attached hydrogens (primary N) is 2. The lowest BCUT2D eigenvalue weighted by atomic mass is 9.96. The van der Waals surface area contributed by atoms with Crippen LogP contribution in [0, 0.1) is 17.2 Å². The van der Waals surface area contributed by atoms with E-state index in [0.717, 1.165) is 52.9 Å². The number of ether oxygens (including phenoxy) is 1. The maximum Gasteiger partial charge on any atom is 0.329 e. The largest absolute Gasteiger partial charge is 0.481 e. The summed E-state index contributed by atoms with van der Waals surface area (Å²) in [6.07, 6.45) is -2.42. The Morgan fingerprint density at radius 3 is 1.73 bits per heavy atom. The van der Waals surface area contributed by atoms with Crippen LogP contribution in [0.1, 0.15) is 157 Å². The molecular weight excluding hydrogens is 1630 g/mol. The average molecular weight is 1740 g/mol. The van der Waals surface area contributed by atoms with Gasteiger partial charge in [-0.2, -0.15) is 5.26 Å². The number of aliphatic hydroxyl groups excluding tert-OH is 1. The van der Waals surface area contributed by atoms with Gasteiger partial charge in [0.2, 0.25) is 82.7 Å². The molecule has 0 saturated carbocycles. The number of aliphatic hydroxyl groups is 1. The number of benzene rings is 3. The molecule has 3 aromatic carbocycles. The van der Waals surface area contributed by atoms with Crippen molar-refractivity contribution in [1.29, 1.82) is 5.26 Å². The van der Waals surface area contributed by atoms with Gasteiger partial charge in [0.05, 0.1) is 63.4 Å². The Balaban J connectivity index is 1.63. The van der Waals surface area contributed by atoms with Gasteiger partial charge in [-0.1, -0.05) is 94.8 Å². The van der Waals surface area contributed by atoms with Gasteiger partial charge in [0.25, 0.3) is 0 Å². The number of cyclic esters (lactones) is 1. The number of carboxylic acid groups (broad SMARTS) is 4. The first-order valence-corrected chi connectivity index (χ1v) is 39.8. The van der Waals surface area contributed by atoms with Crippen LogP contribution in [0.5, 0.6) is 0 Å². The highest BCUT2D eigenvalue weighted by Gasteiger charge is 2.41. The Labute approximate surface area is 709 Å². The van der Waals surface area contributed by atoms with Crippen molar-refractivity contribution in [2.24, 2.45) is 11.7 Å². The van der Waals surface area contributed by atoms with E-state index in [4.69, 9.17) is 16.2 Å². The number of carboxylic acids is 4. The van der Waals surface area contributed by atoms with E-state index in [1.165, 1.54) is 24.3 Å². The van der Waals surface area contributed by atoms with Gasteiger partial charge in [-0.05, 0) is 87.0 Å². The minimum atomic E-state index is -2.47. The number of aliphatic carboxylic acids is 4. The Kier molecular flexibility index (Phi) is 41.3. The maximum absolute atomic E-state index is 15.0. The number of ketones is 1. The Bertz CT molecular complexity index is 4570. The summed E-state index contributed by atoms with van der Waals surface area (Å²) < 4.78 is 5.73. The predicted molar refractivity (Wildman–Crippen MR) is 434 cm³/mol. The van der Waals surface area contributed by atoms with Gasteiger partial charge >= 0.3 is 29.8 Å². The van der Waals surface area contributed by atoms with Crippen LogP contribution >= 0.6 is 0 Å². The minimum absolute atomic E-state index is 0.0253. The number of nitriles is 1. The number of carbonyl (C=O) groups excluding carboxylic acids is 16. The highest BCUT2D eigenvalue weighted by atomic mass is 16.5. The molecule has 1 aromatic heterocycles. The number of unbranched alkanes of at least 4 members (excludes halogenated alkanes) is 6. The van der Waals surface area contributed by atoms with Crippen molar-refractivity contribution in [1.82, 2.24) is 79.4 Å².